The Morgan fingerprint density at radius 1 is 0.643 bits per heavy atom. The van der Waals surface area contributed by atoms with Crippen LogP contribution in [0.15, 0.2) is 0 Å². The SMILES string of the molecule is CO[Si](CCCCCCCCCCCCCCCCOCC1CO1)(OC)OC. The number of rotatable bonds is 22. The summed E-state index contributed by atoms with van der Waals surface area (Å²) in [5.41, 5.74) is 0. The molecule has 1 unspecified atom stereocenters. The van der Waals surface area contributed by atoms with E-state index in [2.05, 4.69) is 0 Å². The van der Waals surface area contributed by atoms with E-state index in [0.717, 1.165) is 32.3 Å². The minimum Gasteiger partial charge on any atom is -0.379 e. The minimum absolute atomic E-state index is 0.412. The normalized spacial score (nSPS) is 16.6. The molecule has 6 heteroatoms. The third-order valence-corrected chi connectivity index (χ3v) is 8.49. The van der Waals surface area contributed by atoms with Gasteiger partial charge >= 0.3 is 8.80 Å². The van der Waals surface area contributed by atoms with Gasteiger partial charge in [0.05, 0.1) is 13.2 Å². The molecule has 5 nitrogen and oxygen atoms in total. The Hall–Kier alpha value is 0.0169. The zero-order chi connectivity index (χ0) is 20.3. The van der Waals surface area contributed by atoms with Gasteiger partial charge in [-0.15, -0.1) is 0 Å². The molecule has 0 aromatic carbocycles. The number of epoxide rings is 1. The largest absolute Gasteiger partial charge is 0.500 e. The van der Waals surface area contributed by atoms with Crippen molar-refractivity contribution in [3.63, 3.8) is 0 Å². The van der Waals surface area contributed by atoms with Crippen LogP contribution >= 0.6 is 0 Å². The van der Waals surface area contributed by atoms with Crippen LogP contribution in [0, 0.1) is 0 Å². The van der Waals surface area contributed by atoms with Gasteiger partial charge < -0.3 is 22.8 Å². The molecule has 0 radical (unpaired) electrons. The number of unbranched alkanes of at least 4 members (excludes halogenated alkanes) is 13. The summed E-state index contributed by atoms with van der Waals surface area (Å²) in [6.07, 6.45) is 19.2. The number of hydrogen-bond donors (Lipinski definition) is 0. The fourth-order valence-corrected chi connectivity index (χ4v) is 5.40. The maximum Gasteiger partial charge on any atom is 0.500 e. The Bertz CT molecular complexity index is 327. The van der Waals surface area contributed by atoms with Crippen molar-refractivity contribution < 1.29 is 22.8 Å². The highest BCUT2D eigenvalue weighted by Gasteiger charge is 2.36. The van der Waals surface area contributed by atoms with E-state index in [-0.39, 0.29) is 0 Å². The van der Waals surface area contributed by atoms with Crippen LogP contribution in [0.3, 0.4) is 0 Å². The van der Waals surface area contributed by atoms with E-state index in [4.69, 9.17) is 22.8 Å². The Kier molecular flexibility index (Phi) is 16.6. The highest BCUT2D eigenvalue weighted by atomic mass is 28.4. The molecule has 0 spiro atoms. The van der Waals surface area contributed by atoms with Crippen molar-refractivity contribution in [2.24, 2.45) is 0 Å². The first-order valence-electron chi connectivity index (χ1n) is 11.6. The molecule has 1 fully saturated rings. The van der Waals surface area contributed by atoms with E-state index in [0.29, 0.717) is 6.10 Å². The van der Waals surface area contributed by atoms with Crippen molar-refractivity contribution in [1.29, 1.82) is 0 Å². The average Bonchev–Trinajstić information content (AvgIpc) is 3.55. The van der Waals surface area contributed by atoms with Gasteiger partial charge in [0.15, 0.2) is 0 Å². The predicted molar refractivity (Wildman–Crippen MR) is 117 cm³/mol. The third-order valence-electron chi connectivity index (χ3n) is 5.66. The van der Waals surface area contributed by atoms with Gasteiger partial charge in [-0.3, -0.25) is 0 Å². The maximum atomic E-state index is 5.56. The fraction of sp³-hybridized carbons (Fsp3) is 1.00. The second kappa shape index (κ2) is 17.8. The van der Waals surface area contributed by atoms with Gasteiger partial charge in [0.1, 0.15) is 6.10 Å². The van der Waals surface area contributed by atoms with Gasteiger partial charge in [-0.05, 0) is 12.8 Å². The van der Waals surface area contributed by atoms with E-state index in [1.807, 2.05) is 0 Å². The van der Waals surface area contributed by atoms with Crippen LogP contribution in [0.5, 0.6) is 0 Å². The Morgan fingerprint density at radius 2 is 1.04 bits per heavy atom. The summed E-state index contributed by atoms with van der Waals surface area (Å²) in [7, 11) is 2.75. The monoisotopic (exact) mass is 418 g/mol. The van der Waals surface area contributed by atoms with Crippen molar-refractivity contribution in [2.45, 2.75) is 102 Å². The van der Waals surface area contributed by atoms with Gasteiger partial charge in [-0.25, -0.2) is 0 Å². The molecule has 1 heterocycles. The molecule has 0 aromatic heterocycles. The lowest BCUT2D eigenvalue weighted by Crippen LogP contribution is -2.42. The van der Waals surface area contributed by atoms with E-state index in [9.17, 15) is 0 Å². The van der Waals surface area contributed by atoms with E-state index < -0.39 is 8.80 Å². The second-order valence-corrected chi connectivity index (χ2v) is 11.1. The van der Waals surface area contributed by atoms with Crippen LogP contribution in [-0.4, -0.2) is 56.1 Å². The third kappa shape index (κ3) is 14.1. The highest BCUT2D eigenvalue weighted by molar-refractivity contribution is 6.60. The van der Waals surface area contributed by atoms with Gasteiger partial charge in [-0.2, -0.15) is 0 Å². The smallest absolute Gasteiger partial charge is 0.379 e. The molecule has 0 N–H and O–H groups in total. The van der Waals surface area contributed by atoms with E-state index in [1.54, 1.807) is 21.3 Å². The first-order valence-corrected chi connectivity index (χ1v) is 13.5. The lowest BCUT2D eigenvalue weighted by molar-refractivity contribution is 0.113. The average molecular weight is 419 g/mol. The molecule has 0 bridgehead atoms. The number of hydrogen-bond acceptors (Lipinski definition) is 5. The molecule has 0 aromatic rings. The fourth-order valence-electron chi connectivity index (χ4n) is 3.60. The highest BCUT2D eigenvalue weighted by Crippen LogP contribution is 2.19. The van der Waals surface area contributed by atoms with E-state index >= 15 is 0 Å². The lowest BCUT2D eigenvalue weighted by Gasteiger charge is -2.24. The summed E-state index contributed by atoms with van der Waals surface area (Å²) in [4.78, 5) is 0. The van der Waals surface area contributed by atoms with E-state index in [1.165, 1.54) is 83.5 Å². The van der Waals surface area contributed by atoms with Crippen molar-refractivity contribution in [1.82, 2.24) is 0 Å². The van der Waals surface area contributed by atoms with Gasteiger partial charge in [0, 0.05) is 34.0 Å². The standard InChI is InChI=1S/C22H46O5Si/c1-23-28(24-2,25-3)19-17-15-13-11-9-7-5-4-6-8-10-12-14-16-18-26-20-22-21-27-22/h22H,4-21H2,1-3H3. The first kappa shape index (κ1) is 26.1. The zero-order valence-corrected chi connectivity index (χ0v) is 19.8. The zero-order valence-electron chi connectivity index (χ0n) is 18.8. The first-order chi connectivity index (χ1) is 13.8. The van der Waals surface area contributed by atoms with Gasteiger partial charge in [0.2, 0.25) is 0 Å². The molecule has 168 valence electrons. The quantitative estimate of drug-likeness (QED) is 0.127. The molecule has 0 amide bonds. The predicted octanol–water partition coefficient (Wildman–Crippen LogP) is 5.74. The summed E-state index contributed by atoms with van der Waals surface area (Å²) < 4.78 is 27.1. The van der Waals surface area contributed by atoms with Crippen LogP contribution in [0.1, 0.15) is 89.9 Å². The Morgan fingerprint density at radius 3 is 1.43 bits per heavy atom. The second-order valence-electron chi connectivity index (χ2n) is 8.03. The van der Waals surface area contributed by atoms with Crippen LogP contribution in [-0.2, 0) is 22.8 Å². The van der Waals surface area contributed by atoms with Crippen LogP contribution < -0.4 is 0 Å². The van der Waals surface area contributed by atoms with Gasteiger partial charge in [-0.1, -0.05) is 77.0 Å². The molecular formula is C22H46O5Si. The van der Waals surface area contributed by atoms with Crippen LogP contribution in [0.4, 0.5) is 0 Å². The summed E-state index contributed by atoms with van der Waals surface area (Å²) in [6, 6.07) is 0.930. The summed E-state index contributed by atoms with van der Waals surface area (Å²) in [5, 5.41) is 0. The molecule has 1 saturated heterocycles. The maximum absolute atomic E-state index is 5.56. The summed E-state index contributed by atoms with van der Waals surface area (Å²) in [5.74, 6) is 0. The summed E-state index contributed by atoms with van der Waals surface area (Å²) in [6.45, 7) is 2.62. The summed E-state index contributed by atoms with van der Waals surface area (Å²) >= 11 is 0. The molecule has 1 aliphatic heterocycles. The van der Waals surface area contributed by atoms with Crippen molar-refractivity contribution >= 4 is 8.80 Å². The Labute approximate surface area is 175 Å². The van der Waals surface area contributed by atoms with Crippen LogP contribution in [0.2, 0.25) is 6.04 Å². The van der Waals surface area contributed by atoms with Gasteiger partial charge in [0.25, 0.3) is 0 Å². The minimum atomic E-state index is -2.34. The number of ether oxygens (including phenoxy) is 2. The van der Waals surface area contributed by atoms with Crippen LogP contribution in [0.25, 0.3) is 0 Å². The molecule has 1 rings (SSSR count). The van der Waals surface area contributed by atoms with Crippen molar-refractivity contribution in [3.05, 3.63) is 0 Å². The molecular weight excluding hydrogens is 372 g/mol. The van der Waals surface area contributed by atoms with Crippen molar-refractivity contribution in [3.8, 4) is 0 Å². The Balaban J connectivity index is 1.70. The molecule has 0 saturated carbocycles. The molecule has 28 heavy (non-hydrogen) atoms. The molecule has 1 aliphatic rings. The molecule has 1 atom stereocenters. The van der Waals surface area contributed by atoms with Crippen molar-refractivity contribution in [2.75, 3.05) is 41.2 Å². The topological polar surface area (TPSA) is 49.5 Å². The lowest BCUT2D eigenvalue weighted by atomic mass is 10.0. The molecule has 0 aliphatic carbocycles.